The number of fused-ring (bicyclic) bond motifs is 1. The molecule has 1 saturated carbocycles. The van der Waals surface area contributed by atoms with Crippen LogP contribution in [0.2, 0.25) is 0 Å². The third-order valence-corrected chi connectivity index (χ3v) is 8.43. The number of methoxy groups -OCH3 is 1. The SMILES string of the molecule is COc1ccc(S(C)(=O)=O)cc1NCC#Cc1cc(NC2CCN(C)CC2)c2ccn(CC3CC3)c2c1. The molecule has 1 saturated heterocycles. The molecule has 2 fully saturated rings. The van der Waals surface area contributed by atoms with Gasteiger partial charge >= 0.3 is 0 Å². The standard InChI is InChI=1S/C29H36N4O3S/c1-32-14-10-23(11-15-32)31-26-17-22(18-28-25(26)12-16-33(28)20-21-6-7-21)5-4-13-30-27-19-24(37(3,34)35)8-9-29(27)36-2/h8-9,12,16-19,21,23,30-31H,6-7,10-11,13-15,20H2,1-3H3. The van der Waals surface area contributed by atoms with Gasteiger partial charge in [-0.1, -0.05) is 11.8 Å². The lowest BCUT2D eigenvalue weighted by atomic mass is 10.0. The number of nitrogens with zero attached hydrogens (tertiary/aromatic N) is 2. The highest BCUT2D eigenvalue weighted by Crippen LogP contribution is 2.34. The molecular weight excluding hydrogens is 484 g/mol. The van der Waals surface area contributed by atoms with Crippen molar-refractivity contribution in [3.8, 4) is 17.6 Å². The summed E-state index contributed by atoms with van der Waals surface area (Å²) in [7, 11) is 0.439. The number of aromatic nitrogens is 1. The van der Waals surface area contributed by atoms with Crippen molar-refractivity contribution in [1.29, 1.82) is 0 Å². The Morgan fingerprint density at radius 2 is 1.84 bits per heavy atom. The number of piperidine rings is 1. The Hall–Kier alpha value is -3.15. The van der Waals surface area contributed by atoms with E-state index in [-0.39, 0.29) is 4.90 Å². The van der Waals surface area contributed by atoms with Crippen molar-refractivity contribution in [2.24, 2.45) is 5.92 Å². The van der Waals surface area contributed by atoms with Crippen LogP contribution < -0.4 is 15.4 Å². The fraction of sp³-hybridized carbons (Fsp3) is 0.448. The van der Waals surface area contributed by atoms with Crippen molar-refractivity contribution in [3.05, 3.63) is 48.2 Å². The summed E-state index contributed by atoms with van der Waals surface area (Å²) in [6.45, 7) is 3.64. The highest BCUT2D eigenvalue weighted by molar-refractivity contribution is 7.90. The molecule has 0 spiro atoms. The molecular formula is C29H36N4O3S. The summed E-state index contributed by atoms with van der Waals surface area (Å²) in [6.07, 6.45) is 8.31. The lowest BCUT2D eigenvalue weighted by molar-refractivity contribution is 0.264. The van der Waals surface area contributed by atoms with Crippen LogP contribution in [0.15, 0.2) is 47.5 Å². The van der Waals surface area contributed by atoms with Gasteiger partial charge in [0.25, 0.3) is 0 Å². The largest absolute Gasteiger partial charge is 0.495 e. The maximum absolute atomic E-state index is 12.0. The van der Waals surface area contributed by atoms with Crippen molar-refractivity contribution in [2.45, 2.75) is 43.2 Å². The van der Waals surface area contributed by atoms with Crippen LogP contribution in [-0.2, 0) is 16.4 Å². The highest BCUT2D eigenvalue weighted by atomic mass is 32.2. The van der Waals surface area contributed by atoms with Gasteiger partial charge in [0.2, 0.25) is 0 Å². The van der Waals surface area contributed by atoms with Crippen LogP contribution in [0.5, 0.6) is 5.75 Å². The molecule has 2 aromatic carbocycles. The summed E-state index contributed by atoms with van der Waals surface area (Å²) in [5, 5.41) is 8.30. The topological polar surface area (TPSA) is 75.6 Å². The van der Waals surface area contributed by atoms with E-state index in [1.54, 1.807) is 25.3 Å². The third-order valence-electron chi connectivity index (χ3n) is 7.32. The number of likely N-dealkylation sites (tertiary alicyclic amines) is 1. The number of ether oxygens (including phenoxy) is 1. The smallest absolute Gasteiger partial charge is 0.175 e. The number of sulfone groups is 1. The zero-order valence-electron chi connectivity index (χ0n) is 21.9. The molecule has 1 aliphatic carbocycles. The van der Waals surface area contributed by atoms with Gasteiger partial charge in [-0.3, -0.25) is 0 Å². The summed E-state index contributed by atoms with van der Waals surface area (Å²) in [5.41, 5.74) is 3.96. The normalized spacial score (nSPS) is 16.8. The Balaban J connectivity index is 1.38. The number of rotatable bonds is 8. The molecule has 0 amide bonds. The highest BCUT2D eigenvalue weighted by Gasteiger charge is 2.23. The van der Waals surface area contributed by atoms with Gasteiger partial charge in [-0.25, -0.2) is 8.42 Å². The first kappa shape index (κ1) is 25.5. The van der Waals surface area contributed by atoms with Gasteiger partial charge < -0.3 is 24.8 Å². The molecule has 8 heteroatoms. The minimum Gasteiger partial charge on any atom is -0.495 e. The van der Waals surface area contributed by atoms with Crippen LogP contribution in [0.1, 0.15) is 31.2 Å². The monoisotopic (exact) mass is 520 g/mol. The Labute approximate surface area is 220 Å². The first-order valence-electron chi connectivity index (χ1n) is 13.0. The Bertz CT molecular complexity index is 1440. The summed E-state index contributed by atoms with van der Waals surface area (Å²) < 4.78 is 31.7. The van der Waals surface area contributed by atoms with E-state index in [4.69, 9.17) is 4.74 Å². The number of hydrogen-bond acceptors (Lipinski definition) is 6. The average Bonchev–Trinajstić information content (AvgIpc) is 3.61. The van der Waals surface area contributed by atoms with Gasteiger partial charge in [-0.2, -0.15) is 0 Å². The van der Waals surface area contributed by atoms with E-state index >= 15 is 0 Å². The fourth-order valence-electron chi connectivity index (χ4n) is 4.94. The van der Waals surface area contributed by atoms with Gasteiger partial charge in [0.15, 0.2) is 9.84 Å². The molecule has 1 aromatic heterocycles. The minimum atomic E-state index is -3.31. The van der Waals surface area contributed by atoms with E-state index in [1.165, 1.54) is 30.0 Å². The van der Waals surface area contributed by atoms with Crippen LogP contribution in [-0.4, -0.2) is 64.0 Å². The average molecular weight is 521 g/mol. The fourth-order valence-corrected chi connectivity index (χ4v) is 5.59. The van der Waals surface area contributed by atoms with Crippen LogP contribution in [0.25, 0.3) is 10.9 Å². The van der Waals surface area contributed by atoms with Gasteiger partial charge in [-0.15, -0.1) is 0 Å². The van der Waals surface area contributed by atoms with Crippen molar-refractivity contribution >= 4 is 32.1 Å². The van der Waals surface area contributed by atoms with Gasteiger partial charge in [0.1, 0.15) is 5.75 Å². The summed E-state index contributed by atoms with van der Waals surface area (Å²) in [6, 6.07) is 11.9. The molecule has 0 unspecified atom stereocenters. The second-order valence-electron chi connectivity index (χ2n) is 10.4. The number of nitrogens with one attached hydrogen (secondary N) is 2. The van der Waals surface area contributed by atoms with Gasteiger partial charge in [0.05, 0.1) is 29.8 Å². The van der Waals surface area contributed by atoms with Crippen molar-refractivity contribution in [1.82, 2.24) is 9.47 Å². The third kappa shape index (κ3) is 6.23. The molecule has 0 atom stereocenters. The van der Waals surface area contributed by atoms with Crippen LogP contribution in [0, 0.1) is 17.8 Å². The van der Waals surface area contributed by atoms with Crippen LogP contribution in [0.3, 0.4) is 0 Å². The Morgan fingerprint density at radius 1 is 1.05 bits per heavy atom. The van der Waals surface area contributed by atoms with E-state index in [0.717, 1.165) is 49.6 Å². The van der Waals surface area contributed by atoms with Gasteiger partial charge in [0, 0.05) is 41.7 Å². The summed E-state index contributed by atoms with van der Waals surface area (Å²) in [4.78, 5) is 2.63. The lowest BCUT2D eigenvalue weighted by Gasteiger charge is -2.30. The second kappa shape index (κ2) is 10.7. The molecule has 1 aliphatic heterocycles. The summed E-state index contributed by atoms with van der Waals surface area (Å²) in [5.74, 6) is 7.91. The number of hydrogen-bond donors (Lipinski definition) is 2. The number of anilines is 2. The van der Waals surface area contributed by atoms with Crippen LogP contribution in [0.4, 0.5) is 11.4 Å². The molecule has 2 heterocycles. The van der Waals surface area contributed by atoms with Crippen LogP contribution >= 0.6 is 0 Å². The predicted molar refractivity (Wildman–Crippen MR) is 150 cm³/mol. The van der Waals surface area contributed by atoms with E-state index in [1.807, 2.05) is 0 Å². The maximum atomic E-state index is 12.0. The molecule has 37 heavy (non-hydrogen) atoms. The molecule has 5 rings (SSSR count). The molecule has 7 nitrogen and oxygen atoms in total. The first-order valence-corrected chi connectivity index (χ1v) is 14.9. The number of benzene rings is 2. The van der Waals surface area contributed by atoms with E-state index in [9.17, 15) is 8.42 Å². The van der Waals surface area contributed by atoms with E-state index in [0.29, 0.717) is 24.0 Å². The molecule has 2 N–H and O–H groups in total. The minimum absolute atomic E-state index is 0.246. The van der Waals surface area contributed by atoms with Crippen molar-refractivity contribution < 1.29 is 13.2 Å². The second-order valence-corrected chi connectivity index (χ2v) is 12.4. The molecule has 2 aliphatic rings. The first-order chi connectivity index (χ1) is 17.8. The van der Waals surface area contributed by atoms with Crippen molar-refractivity contribution in [2.75, 3.05) is 50.7 Å². The molecule has 0 bridgehead atoms. The molecule has 3 aromatic rings. The van der Waals surface area contributed by atoms with E-state index < -0.39 is 9.84 Å². The summed E-state index contributed by atoms with van der Waals surface area (Å²) >= 11 is 0. The molecule has 196 valence electrons. The lowest BCUT2D eigenvalue weighted by Crippen LogP contribution is -2.36. The maximum Gasteiger partial charge on any atom is 0.175 e. The zero-order chi connectivity index (χ0) is 26.0. The Kier molecular flexibility index (Phi) is 7.36. The Morgan fingerprint density at radius 3 is 2.54 bits per heavy atom. The van der Waals surface area contributed by atoms with Gasteiger partial charge in [-0.05, 0) is 88.1 Å². The zero-order valence-corrected chi connectivity index (χ0v) is 22.7. The quantitative estimate of drug-likeness (QED) is 0.428. The predicted octanol–water partition coefficient (Wildman–Crippen LogP) is 4.43. The van der Waals surface area contributed by atoms with E-state index in [2.05, 4.69) is 63.4 Å². The molecule has 0 radical (unpaired) electrons. The van der Waals surface area contributed by atoms with Crippen molar-refractivity contribution in [3.63, 3.8) is 0 Å².